The lowest BCUT2D eigenvalue weighted by molar-refractivity contribution is 0.0945. The molecule has 2 unspecified atom stereocenters. The van der Waals surface area contributed by atoms with Gasteiger partial charge in [0, 0.05) is 6.54 Å². The molecule has 0 radical (unpaired) electrons. The molecule has 1 heterocycles. The Kier molecular flexibility index (Phi) is 4.79. The van der Waals surface area contributed by atoms with E-state index in [-0.39, 0.29) is 6.10 Å². The third-order valence-electron chi connectivity index (χ3n) is 4.01. The minimum absolute atomic E-state index is 0.301. The summed E-state index contributed by atoms with van der Waals surface area (Å²) in [7, 11) is 0. The highest BCUT2D eigenvalue weighted by Crippen LogP contribution is 2.24. The highest BCUT2D eigenvalue weighted by atomic mass is 16.3. The average molecular weight is 247 g/mol. The number of aryl methyl sites for hydroxylation is 1. The lowest BCUT2D eigenvalue weighted by Crippen LogP contribution is -2.28. The molecule has 1 saturated heterocycles. The third kappa shape index (κ3) is 3.33. The predicted molar refractivity (Wildman–Crippen MR) is 75.6 cm³/mol. The van der Waals surface area contributed by atoms with Gasteiger partial charge in [-0.25, -0.2) is 0 Å². The van der Waals surface area contributed by atoms with Gasteiger partial charge in [-0.2, -0.15) is 0 Å². The quantitative estimate of drug-likeness (QED) is 0.864. The van der Waals surface area contributed by atoms with Crippen molar-refractivity contribution in [3.05, 3.63) is 35.4 Å². The molecule has 1 aromatic rings. The molecule has 2 nitrogen and oxygen atoms in total. The van der Waals surface area contributed by atoms with E-state index < -0.39 is 0 Å². The summed E-state index contributed by atoms with van der Waals surface area (Å²) in [6.45, 7) is 7.71. The van der Waals surface area contributed by atoms with E-state index in [2.05, 4.69) is 43.0 Å². The maximum atomic E-state index is 10.4. The number of benzene rings is 1. The van der Waals surface area contributed by atoms with Gasteiger partial charge in [0.1, 0.15) is 0 Å². The summed E-state index contributed by atoms with van der Waals surface area (Å²) in [5.74, 6) is 0.301. The molecule has 2 heteroatoms. The maximum Gasteiger partial charge on any atom is 0.0827 e. The van der Waals surface area contributed by atoms with E-state index in [1.165, 1.54) is 31.5 Å². The Morgan fingerprint density at radius 1 is 1.17 bits per heavy atom. The van der Waals surface area contributed by atoms with Crippen molar-refractivity contribution in [3.63, 3.8) is 0 Å². The first kappa shape index (κ1) is 13.6. The molecule has 0 spiro atoms. The molecule has 0 bridgehead atoms. The second kappa shape index (κ2) is 6.35. The van der Waals surface area contributed by atoms with Gasteiger partial charge in [0.2, 0.25) is 0 Å². The largest absolute Gasteiger partial charge is 0.388 e. The van der Waals surface area contributed by atoms with Gasteiger partial charge in [0.05, 0.1) is 6.10 Å². The highest BCUT2D eigenvalue weighted by molar-refractivity contribution is 5.24. The summed E-state index contributed by atoms with van der Waals surface area (Å²) in [6, 6.07) is 8.40. The number of rotatable bonds is 5. The summed E-state index contributed by atoms with van der Waals surface area (Å²) in [5, 5.41) is 10.4. The second-order valence-corrected chi connectivity index (χ2v) is 5.52. The number of hydrogen-bond donors (Lipinski definition) is 1. The zero-order valence-corrected chi connectivity index (χ0v) is 11.6. The molecule has 0 aliphatic carbocycles. The number of nitrogens with zero attached hydrogens (tertiary/aromatic N) is 1. The topological polar surface area (TPSA) is 23.5 Å². The molecule has 18 heavy (non-hydrogen) atoms. The van der Waals surface area contributed by atoms with Crippen LogP contribution in [0.15, 0.2) is 24.3 Å². The Labute approximate surface area is 111 Å². The monoisotopic (exact) mass is 247 g/mol. The predicted octanol–water partition coefficient (Wildman–Crippen LogP) is 3.01. The van der Waals surface area contributed by atoms with E-state index in [0.29, 0.717) is 5.92 Å². The third-order valence-corrected chi connectivity index (χ3v) is 4.01. The maximum absolute atomic E-state index is 10.4. The highest BCUT2D eigenvalue weighted by Gasteiger charge is 2.21. The summed E-state index contributed by atoms with van der Waals surface area (Å²) in [6.07, 6.45) is 3.35. The normalized spacial score (nSPS) is 19.9. The molecule has 1 aliphatic rings. The molecule has 2 atom stereocenters. The first-order valence-corrected chi connectivity index (χ1v) is 7.20. The lowest BCUT2D eigenvalue weighted by atomic mass is 9.96. The summed E-state index contributed by atoms with van der Waals surface area (Å²) in [4.78, 5) is 2.47. The van der Waals surface area contributed by atoms with Gasteiger partial charge in [-0.3, -0.25) is 0 Å². The molecular formula is C16H25NO. The van der Waals surface area contributed by atoms with Crippen LogP contribution in [-0.4, -0.2) is 29.6 Å². The van der Waals surface area contributed by atoms with E-state index in [1.54, 1.807) is 0 Å². The molecule has 1 N–H and O–H groups in total. The SMILES string of the molecule is CCc1ccc(C(O)C(C)CN2CCCC2)cc1. The standard InChI is InChI=1S/C16H25NO/c1-3-14-6-8-15(9-7-14)16(18)13(2)12-17-10-4-5-11-17/h6-9,13,16,18H,3-5,10-12H2,1-2H3. The van der Waals surface area contributed by atoms with Crippen molar-refractivity contribution in [2.75, 3.05) is 19.6 Å². The van der Waals surface area contributed by atoms with Crippen molar-refractivity contribution in [2.45, 2.75) is 39.2 Å². The summed E-state index contributed by atoms with van der Waals surface area (Å²) >= 11 is 0. The Hall–Kier alpha value is -0.860. The van der Waals surface area contributed by atoms with Crippen molar-refractivity contribution >= 4 is 0 Å². The van der Waals surface area contributed by atoms with Crippen LogP contribution in [0.5, 0.6) is 0 Å². The summed E-state index contributed by atoms with van der Waals surface area (Å²) < 4.78 is 0. The molecular weight excluding hydrogens is 222 g/mol. The van der Waals surface area contributed by atoms with E-state index in [4.69, 9.17) is 0 Å². The van der Waals surface area contributed by atoms with Crippen LogP contribution < -0.4 is 0 Å². The molecule has 0 amide bonds. The molecule has 2 rings (SSSR count). The van der Waals surface area contributed by atoms with Crippen molar-refractivity contribution in [1.29, 1.82) is 0 Å². The van der Waals surface area contributed by atoms with Crippen molar-refractivity contribution in [2.24, 2.45) is 5.92 Å². The van der Waals surface area contributed by atoms with Crippen LogP contribution in [0.2, 0.25) is 0 Å². The van der Waals surface area contributed by atoms with Gasteiger partial charge >= 0.3 is 0 Å². The van der Waals surface area contributed by atoms with Crippen LogP contribution >= 0.6 is 0 Å². The molecule has 100 valence electrons. The number of aliphatic hydroxyl groups excluding tert-OH is 1. The zero-order valence-electron chi connectivity index (χ0n) is 11.6. The lowest BCUT2D eigenvalue weighted by Gasteiger charge is -2.24. The van der Waals surface area contributed by atoms with Crippen LogP contribution in [0.1, 0.15) is 43.9 Å². The van der Waals surface area contributed by atoms with Gasteiger partial charge in [-0.1, -0.05) is 38.1 Å². The van der Waals surface area contributed by atoms with Crippen molar-refractivity contribution in [1.82, 2.24) is 4.90 Å². The van der Waals surface area contributed by atoms with E-state index in [9.17, 15) is 5.11 Å². The van der Waals surface area contributed by atoms with Gasteiger partial charge in [-0.05, 0) is 49.4 Å². The molecule has 1 aromatic carbocycles. The Morgan fingerprint density at radius 2 is 1.78 bits per heavy atom. The Morgan fingerprint density at radius 3 is 2.33 bits per heavy atom. The molecule has 1 fully saturated rings. The van der Waals surface area contributed by atoms with Gasteiger partial charge < -0.3 is 10.0 Å². The van der Waals surface area contributed by atoms with Gasteiger partial charge in [0.25, 0.3) is 0 Å². The Balaban J connectivity index is 1.93. The fraction of sp³-hybridized carbons (Fsp3) is 0.625. The van der Waals surface area contributed by atoms with E-state index in [1.807, 2.05) is 0 Å². The van der Waals surface area contributed by atoms with E-state index >= 15 is 0 Å². The van der Waals surface area contributed by atoms with Crippen molar-refractivity contribution < 1.29 is 5.11 Å². The number of hydrogen-bond acceptors (Lipinski definition) is 2. The number of aliphatic hydroxyl groups is 1. The van der Waals surface area contributed by atoms with Crippen molar-refractivity contribution in [3.8, 4) is 0 Å². The summed E-state index contributed by atoms with van der Waals surface area (Å²) in [5.41, 5.74) is 2.39. The zero-order chi connectivity index (χ0) is 13.0. The number of likely N-dealkylation sites (tertiary alicyclic amines) is 1. The minimum Gasteiger partial charge on any atom is -0.388 e. The molecule has 0 saturated carbocycles. The average Bonchev–Trinajstić information content (AvgIpc) is 2.91. The fourth-order valence-corrected chi connectivity index (χ4v) is 2.75. The smallest absolute Gasteiger partial charge is 0.0827 e. The Bertz CT molecular complexity index is 354. The van der Waals surface area contributed by atoms with Crippen LogP contribution in [0, 0.1) is 5.92 Å². The minimum atomic E-state index is -0.337. The van der Waals surface area contributed by atoms with Crippen LogP contribution in [0.4, 0.5) is 0 Å². The van der Waals surface area contributed by atoms with Crippen LogP contribution in [-0.2, 0) is 6.42 Å². The van der Waals surface area contributed by atoms with Gasteiger partial charge in [0.15, 0.2) is 0 Å². The second-order valence-electron chi connectivity index (χ2n) is 5.52. The van der Waals surface area contributed by atoms with Crippen LogP contribution in [0.3, 0.4) is 0 Å². The van der Waals surface area contributed by atoms with E-state index in [0.717, 1.165) is 18.5 Å². The fourth-order valence-electron chi connectivity index (χ4n) is 2.75. The first-order valence-electron chi connectivity index (χ1n) is 7.20. The van der Waals surface area contributed by atoms with Crippen LogP contribution in [0.25, 0.3) is 0 Å². The first-order chi connectivity index (χ1) is 8.70. The molecule has 0 aromatic heterocycles. The van der Waals surface area contributed by atoms with Gasteiger partial charge in [-0.15, -0.1) is 0 Å². The molecule has 1 aliphatic heterocycles.